The molecule has 4 heterocycles. The second-order valence-corrected chi connectivity index (χ2v) is 6.85. The molecule has 1 aliphatic heterocycles. The van der Waals surface area contributed by atoms with Crippen LogP contribution in [0.4, 0.5) is 5.95 Å². The first-order valence-electron chi connectivity index (χ1n) is 9.02. The normalized spacial score (nSPS) is 15.2. The molecule has 0 bridgehead atoms. The molecule has 1 saturated heterocycles. The molecule has 26 heavy (non-hydrogen) atoms. The lowest BCUT2D eigenvalue weighted by molar-refractivity contribution is 0.568. The van der Waals surface area contributed by atoms with Gasteiger partial charge < -0.3 is 9.88 Å². The Bertz CT molecular complexity index is 1160. The molecule has 4 aromatic rings. The first-order valence-corrected chi connectivity index (χ1v) is 9.02. The van der Waals surface area contributed by atoms with Gasteiger partial charge in [0, 0.05) is 35.9 Å². The van der Waals surface area contributed by atoms with Crippen molar-refractivity contribution in [2.75, 3.05) is 18.0 Å². The van der Waals surface area contributed by atoms with Gasteiger partial charge in [0.05, 0.1) is 0 Å². The Morgan fingerprint density at radius 2 is 1.92 bits per heavy atom. The van der Waals surface area contributed by atoms with Crippen LogP contribution >= 0.6 is 0 Å². The van der Waals surface area contributed by atoms with Gasteiger partial charge in [-0.15, -0.1) is 0 Å². The summed E-state index contributed by atoms with van der Waals surface area (Å²) in [5, 5.41) is 1.12. The van der Waals surface area contributed by atoms with Crippen LogP contribution in [0.5, 0.6) is 0 Å². The molecule has 1 aromatic carbocycles. The van der Waals surface area contributed by atoms with Crippen LogP contribution in [0.1, 0.15) is 25.1 Å². The highest BCUT2D eigenvalue weighted by atomic mass is 16.1. The van der Waals surface area contributed by atoms with Gasteiger partial charge >= 0.3 is 0 Å². The Kier molecular flexibility index (Phi) is 3.34. The maximum atomic E-state index is 12.6. The molecule has 0 atom stereocenters. The fraction of sp³-hybridized carbons (Fsp3) is 0.316. The van der Waals surface area contributed by atoms with E-state index in [1.165, 1.54) is 6.42 Å². The maximum Gasteiger partial charge on any atom is 0.280 e. The zero-order valence-corrected chi connectivity index (χ0v) is 14.6. The lowest BCUT2D eigenvalue weighted by atomic mass is 10.1. The molecular weight excluding hydrogens is 328 g/mol. The number of hydrogen-bond donors (Lipinski definition) is 2. The summed E-state index contributed by atoms with van der Waals surface area (Å²) in [7, 11) is 0. The van der Waals surface area contributed by atoms with E-state index in [1.807, 2.05) is 35.9 Å². The van der Waals surface area contributed by atoms with Gasteiger partial charge in [0.15, 0.2) is 11.2 Å². The largest absolute Gasteiger partial charge is 0.361 e. The second kappa shape index (κ2) is 5.72. The average molecular weight is 348 g/mol. The summed E-state index contributed by atoms with van der Waals surface area (Å²) in [6.45, 7) is 3.76. The van der Waals surface area contributed by atoms with E-state index < -0.39 is 0 Å². The monoisotopic (exact) mass is 348 g/mol. The first-order chi connectivity index (χ1) is 12.7. The summed E-state index contributed by atoms with van der Waals surface area (Å²) in [4.78, 5) is 30.1. The predicted molar refractivity (Wildman–Crippen MR) is 102 cm³/mol. The highest BCUT2D eigenvalue weighted by Crippen LogP contribution is 2.23. The number of nitrogens with zero attached hydrogens (tertiary/aromatic N) is 4. The van der Waals surface area contributed by atoms with Crippen molar-refractivity contribution in [1.82, 2.24) is 24.5 Å². The minimum Gasteiger partial charge on any atom is -0.361 e. The number of H-pyrrole nitrogens is 2. The molecule has 0 spiro atoms. The average Bonchev–Trinajstić information content (AvgIpc) is 3.25. The quantitative estimate of drug-likeness (QED) is 0.583. The van der Waals surface area contributed by atoms with E-state index in [-0.39, 0.29) is 5.56 Å². The van der Waals surface area contributed by atoms with Crippen molar-refractivity contribution in [2.45, 2.75) is 26.2 Å². The van der Waals surface area contributed by atoms with Crippen LogP contribution in [-0.4, -0.2) is 37.6 Å². The Labute approximate surface area is 149 Å². The predicted octanol–water partition coefficient (Wildman–Crippen LogP) is 2.89. The number of benzene rings is 1. The number of fused-ring (bicyclic) bond motifs is 2. The number of nitrogens with one attached hydrogen (secondary N) is 2. The van der Waals surface area contributed by atoms with E-state index in [9.17, 15) is 4.79 Å². The molecule has 0 radical (unpaired) electrons. The van der Waals surface area contributed by atoms with Gasteiger partial charge in [0.25, 0.3) is 5.56 Å². The summed E-state index contributed by atoms with van der Waals surface area (Å²) < 4.78 is 1.96. The van der Waals surface area contributed by atoms with Gasteiger partial charge in [-0.2, -0.15) is 4.98 Å². The van der Waals surface area contributed by atoms with Gasteiger partial charge in [-0.1, -0.05) is 0 Å². The van der Waals surface area contributed by atoms with Gasteiger partial charge in [-0.25, -0.2) is 4.98 Å². The van der Waals surface area contributed by atoms with Crippen molar-refractivity contribution >= 4 is 28.0 Å². The molecule has 132 valence electrons. The van der Waals surface area contributed by atoms with Crippen LogP contribution < -0.4 is 10.5 Å². The van der Waals surface area contributed by atoms with Crippen molar-refractivity contribution in [3.05, 3.63) is 46.6 Å². The van der Waals surface area contributed by atoms with Gasteiger partial charge in [-0.3, -0.25) is 14.3 Å². The Morgan fingerprint density at radius 3 is 2.77 bits per heavy atom. The summed E-state index contributed by atoms with van der Waals surface area (Å²) in [6, 6.07) is 8.18. The van der Waals surface area contributed by atoms with Crippen LogP contribution in [-0.2, 0) is 0 Å². The van der Waals surface area contributed by atoms with Crippen molar-refractivity contribution in [1.29, 1.82) is 0 Å². The van der Waals surface area contributed by atoms with Crippen LogP contribution in [0.25, 0.3) is 27.8 Å². The maximum absolute atomic E-state index is 12.6. The standard InChI is InChI=1S/C19H20N6O/c1-12-21-16-17(22-19(23-18(16)26)24-9-3-2-4-10-24)25(12)14-5-6-15-13(11-14)7-8-20-15/h5-8,11,20H,2-4,9-10H2,1H3,(H,22,23,26). The molecule has 7 nitrogen and oxygen atoms in total. The first kappa shape index (κ1) is 15.2. The number of piperidine rings is 1. The topological polar surface area (TPSA) is 82.6 Å². The van der Waals surface area contributed by atoms with Gasteiger partial charge in [0.1, 0.15) is 5.82 Å². The summed E-state index contributed by atoms with van der Waals surface area (Å²) >= 11 is 0. The summed E-state index contributed by atoms with van der Waals surface area (Å²) in [5.41, 5.74) is 2.86. The molecule has 7 heteroatoms. The van der Waals surface area contributed by atoms with Crippen molar-refractivity contribution in [2.24, 2.45) is 0 Å². The number of hydrogen-bond acceptors (Lipinski definition) is 4. The van der Waals surface area contributed by atoms with Gasteiger partial charge in [-0.05, 0) is 50.5 Å². The van der Waals surface area contributed by atoms with Crippen LogP contribution in [0.2, 0.25) is 0 Å². The van der Waals surface area contributed by atoms with Crippen molar-refractivity contribution < 1.29 is 0 Å². The molecule has 3 aromatic heterocycles. The molecule has 0 aliphatic carbocycles. The zero-order valence-electron chi connectivity index (χ0n) is 14.6. The molecule has 1 aliphatic rings. The minimum absolute atomic E-state index is 0.180. The highest BCUT2D eigenvalue weighted by molar-refractivity contribution is 5.83. The second-order valence-electron chi connectivity index (χ2n) is 6.85. The fourth-order valence-electron chi connectivity index (χ4n) is 3.81. The third-order valence-corrected chi connectivity index (χ3v) is 5.12. The lowest BCUT2D eigenvalue weighted by Gasteiger charge is -2.26. The molecule has 5 rings (SSSR count). The van der Waals surface area contributed by atoms with Crippen LogP contribution in [0, 0.1) is 6.92 Å². The molecule has 0 unspecified atom stereocenters. The number of aromatic nitrogens is 5. The van der Waals surface area contributed by atoms with Crippen LogP contribution in [0.3, 0.4) is 0 Å². The minimum atomic E-state index is -0.180. The third kappa shape index (κ3) is 2.31. The van der Waals surface area contributed by atoms with Gasteiger partial charge in [0.2, 0.25) is 5.95 Å². The molecule has 0 saturated carbocycles. The van der Waals surface area contributed by atoms with E-state index in [2.05, 4.69) is 25.9 Å². The zero-order chi connectivity index (χ0) is 17.7. The summed E-state index contributed by atoms with van der Waals surface area (Å²) in [6.07, 6.45) is 5.41. The molecule has 0 amide bonds. The van der Waals surface area contributed by atoms with E-state index in [4.69, 9.17) is 4.98 Å². The lowest BCUT2D eigenvalue weighted by Crippen LogP contribution is -2.32. The van der Waals surface area contributed by atoms with Crippen LogP contribution in [0.15, 0.2) is 35.3 Å². The molecule has 1 fully saturated rings. The van der Waals surface area contributed by atoms with Crippen molar-refractivity contribution in [3.63, 3.8) is 0 Å². The van der Waals surface area contributed by atoms with E-state index in [0.29, 0.717) is 17.1 Å². The number of rotatable bonds is 2. The van der Waals surface area contributed by atoms with E-state index in [1.54, 1.807) is 0 Å². The number of imidazole rings is 1. The Balaban J connectivity index is 1.72. The Morgan fingerprint density at radius 1 is 1.08 bits per heavy atom. The number of anilines is 1. The van der Waals surface area contributed by atoms with E-state index in [0.717, 1.165) is 48.3 Å². The summed E-state index contributed by atoms with van der Waals surface area (Å²) in [5.74, 6) is 1.40. The molecule has 2 N–H and O–H groups in total. The van der Waals surface area contributed by atoms with Crippen molar-refractivity contribution in [3.8, 4) is 5.69 Å². The number of aryl methyl sites for hydroxylation is 1. The molecular formula is C19H20N6O. The fourth-order valence-corrected chi connectivity index (χ4v) is 3.81. The smallest absolute Gasteiger partial charge is 0.280 e. The Hall–Kier alpha value is -3.09. The van der Waals surface area contributed by atoms with E-state index >= 15 is 0 Å². The highest BCUT2D eigenvalue weighted by Gasteiger charge is 2.19. The third-order valence-electron chi connectivity index (χ3n) is 5.12. The SMILES string of the molecule is Cc1nc2c(=O)[nH]c(N3CCCCC3)nc2n1-c1ccc2[nH]ccc2c1. The number of aromatic amines is 2.